The lowest BCUT2D eigenvalue weighted by atomic mass is 10.1. The Bertz CT molecular complexity index is 508. The van der Waals surface area contributed by atoms with E-state index < -0.39 is 11.7 Å². The molecular formula is C15H21ClN2O3. The number of nitrogens with one attached hydrogen (secondary N) is 2. The predicted octanol–water partition coefficient (Wildman–Crippen LogP) is 3.35. The Morgan fingerprint density at radius 3 is 2.86 bits per heavy atom. The third-order valence-corrected chi connectivity index (χ3v) is 3.16. The molecule has 2 N–H and O–H groups in total. The Hall–Kier alpha value is -1.30. The number of anilines is 1. The van der Waals surface area contributed by atoms with Gasteiger partial charge in [-0.3, -0.25) is 5.32 Å². The first kappa shape index (κ1) is 16.1. The van der Waals surface area contributed by atoms with Crippen molar-refractivity contribution >= 4 is 23.4 Å². The molecule has 0 radical (unpaired) electrons. The quantitative estimate of drug-likeness (QED) is 0.879. The SMILES string of the molecule is CC(C)(C)OC(=O)Nc1ccc(Cl)cc1C1CNCCO1. The van der Waals surface area contributed by atoms with E-state index in [4.69, 9.17) is 21.1 Å². The van der Waals surface area contributed by atoms with Crippen molar-refractivity contribution in [1.29, 1.82) is 0 Å². The fourth-order valence-corrected chi connectivity index (χ4v) is 2.27. The molecular weight excluding hydrogens is 292 g/mol. The van der Waals surface area contributed by atoms with Crippen LogP contribution in [-0.2, 0) is 9.47 Å². The summed E-state index contributed by atoms with van der Waals surface area (Å²) < 4.78 is 11.0. The van der Waals surface area contributed by atoms with Crippen molar-refractivity contribution in [1.82, 2.24) is 5.32 Å². The van der Waals surface area contributed by atoms with E-state index in [1.54, 1.807) is 12.1 Å². The number of rotatable bonds is 2. The lowest BCUT2D eigenvalue weighted by molar-refractivity contribution is 0.0280. The van der Waals surface area contributed by atoms with Crippen molar-refractivity contribution in [2.45, 2.75) is 32.5 Å². The van der Waals surface area contributed by atoms with E-state index in [1.807, 2.05) is 26.8 Å². The van der Waals surface area contributed by atoms with Crippen LogP contribution in [-0.4, -0.2) is 31.4 Å². The highest BCUT2D eigenvalue weighted by molar-refractivity contribution is 6.30. The van der Waals surface area contributed by atoms with Crippen molar-refractivity contribution in [2.75, 3.05) is 25.0 Å². The van der Waals surface area contributed by atoms with Gasteiger partial charge in [0.05, 0.1) is 12.7 Å². The highest BCUT2D eigenvalue weighted by Gasteiger charge is 2.22. The molecule has 0 spiro atoms. The van der Waals surface area contributed by atoms with Crippen LogP contribution in [0.25, 0.3) is 0 Å². The number of benzene rings is 1. The first-order valence-electron chi connectivity index (χ1n) is 6.97. The maximum absolute atomic E-state index is 11.9. The molecule has 116 valence electrons. The van der Waals surface area contributed by atoms with Gasteiger partial charge in [0, 0.05) is 29.4 Å². The fourth-order valence-electron chi connectivity index (χ4n) is 2.09. The van der Waals surface area contributed by atoms with Crippen LogP contribution in [0.5, 0.6) is 0 Å². The number of carbonyl (C=O) groups is 1. The van der Waals surface area contributed by atoms with E-state index in [0.29, 0.717) is 23.9 Å². The molecule has 6 heteroatoms. The third-order valence-electron chi connectivity index (χ3n) is 2.92. The molecule has 1 aromatic carbocycles. The molecule has 1 unspecified atom stereocenters. The maximum Gasteiger partial charge on any atom is 0.412 e. The van der Waals surface area contributed by atoms with Gasteiger partial charge in [-0.2, -0.15) is 0 Å². The average molecular weight is 313 g/mol. The van der Waals surface area contributed by atoms with E-state index in [9.17, 15) is 4.79 Å². The summed E-state index contributed by atoms with van der Waals surface area (Å²) >= 11 is 6.06. The van der Waals surface area contributed by atoms with E-state index >= 15 is 0 Å². The van der Waals surface area contributed by atoms with E-state index in [1.165, 1.54) is 0 Å². The van der Waals surface area contributed by atoms with E-state index in [0.717, 1.165) is 12.1 Å². The molecule has 1 heterocycles. The Balaban J connectivity index is 2.16. The van der Waals surface area contributed by atoms with Crippen LogP contribution in [0, 0.1) is 0 Å². The number of carbonyl (C=O) groups excluding carboxylic acids is 1. The standard InChI is InChI=1S/C15H21ClN2O3/c1-15(2,3)21-14(19)18-12-5-4-10(16)8-11(12)13-9-17-6-7-20-13/h4-5,8,13,17H,6-7,9H2,1-3H3,(H,18,19). The molecule has 1 amide bonds. The van der Waals surface area contributed by atoms with Gasteiger partial charge >= 0.3 is 6.09 Å². The molecule has 0 bridgehead atoms. The van der Waals surface area contributed by atoms with Crippen LogP contribution < -0.4 is 10.6 Å². The zero-order chi connectivity index (χ0) is 15.5. The van der Waals surface area contributed by atoms with Crippen molar-refractivity contribution in [3.05, 3.63) is 28.8 Å². The number of hydrogen-bond acceptors (Lipinski definition) is 4. The molecule has 1 aromatic rings. The summed E-state index contributed by atoms with van der Waals surface area (Å²) in [5.74, 6) is 0. The third kappa shape index (κ3) is 4.88. The minimum absolute atomic E-state index is 0.137. The topological polar surface area (TPSA) is 59.6 Å². The number of ether oxygens (including phenoxy) is 2. The molecule has 1 saturated heterocycles. The number of amides is 1. The second-order valence-electron chi connectivity index (χ2n) is 5.92. The molecule has 21 heavy (non-hydrogen) atoms. The normalized spacial score (nSPS) is 19.1. The fraction of sp³-hybridized carbons (Fsp3) is 0.533. The Morgan fingerprint density at radius 2 is 2.24 bits per heavy atom. The van der Waals surface area contributed by atoms with E-state index in [2.05, 4.69) is 10.6 Å². The number of morpholine rings is 1. The molecule has 2 rings (SSSR count). The second-order valence-corrected chi connectivity index (χ2v) is 6.36. The Kier molecular flexibility index (Phi) is 5.08. The molecule has 0 aromatic heterocycles. The van der Waals surface area contributed by atoms with E-state index in [-0.39, 0.29) is 6.10 Å². The summed E-state index contributed by atoms with van der Waals surface area (Å²) in [4.78, 5) is 11.9. The maximum atomic E-state index is 11.9. The smallest absolute Gasteiger partial charge is 0.412 e. The lowest BCUT2D eigenvalue weighted by Crippen LogP contribution is -2.34. The molecule has 5 nitrogen and oxygen atoms in total. The zero-order valence-corrected chi connectivity index (χ0v) is 13.3. The van der Waals surface area contributed by atoms with Crippen molar-refractivity contribution in [3.8, 4) is 0 Å². The summed E-state index contributed by atoms with van der Waals surface area (Å²) in [5, 5.41) is 6.63. The lowest BCUT2D eigenvalue weighted by Gasteiger charge is -2.26. The van der Waals surface area contributed by atoms with Gasteiger partial charge in [-0.25, -0.2) is 4.79 Å². The molecule has 1 fully saturated rings. The second kappa shape index (κ2) is 6.64. The molecule has 1 aliphatic rings. The van der Waals surface area contributed by atoms with Gasteiger partial charge < -0.3 is 14.8 Å². The number of hydrogen-bond donors (Lipinski definition) is 2. The first-order valence-corrected chi connectivity index (χ1v) is 7.35. The minimum atomic E-state index is -0.542. The summed E-state index contributed by atoms with van der Waals surface area (Å²) in [6.07, 6.45) is -0.628. The van der Waals surface area contributed by atoms with Crippen LogP contribution >= 0.6 is 11.6 Å². The van der Waals surface area contributed by atoms with Gasteiger partial charge in [-0.1, -0.05) is 11.6 Å². The van der Waals surface area contributed by atoms with Gasteiger partial charge in [0.15, 0.2) is 0 Å². The van der Waals surface area contributed by atoms with Gasteiger partial charge in [0.1, 0.15) is 5.60 Å². The van der Waals surface area contributed by atoms with Crippen molar-refractivity contribution in [2.24, 2.45) is 0 Å². The molecule has 1 aliphatic heterocycles. The van der Waals surface area contributed by atoms with Crippen LogP contribution in [0.2, 0.25) is 5.02 Å². The van der Waals surface area contributed by atoms with Crippen molar-refractivity contribution < 1.29 is 14.3 Å². The number of halogens is 1. The van der Waals surface area contributed by atoms with Gasteiger partial charge in [0.25, 0.3) is 0 Å². The van der Waals surface area contributed by atoms with Crippen LogP contribution in [0.3, 0.4) is 0 Å². The van der Waals surface area contributed by atoms with Gasteiger partial charge in [-0.15, -0.1) is 0 Å². The Morgan fingerprint density at radius 1 is 1.48 bits per heavy atom. The summed E-state index contributed by atoms with van der Waals surface area (Å²) in [6, 6.07) is 5.31. The molecule has 1 atom stereocenters. The summed E-state index contributed by atoms with van der Waals surface area (Å²) in [7, 11) is 0. The van der Waals surface area contributed by atoms with Crippen molar-refractivity contribution in [3.63, 3.8) is 0 Å². The van der Waals surface area contributed by atoms with Crippen LogP contribution in [0.4, 0.5) is 10.5 Å². The predicted molar refractivity (Wildman–Crippen MR) is 82.9 cm³/mol. The minimum Gasteiger partial charge on any atom is -0.444 e. The summed E-state index contributed by atoms with van der Waals surface area (Å²) in [5.41, 5.74) is 0.961. The largest absolute Gasteiger partial charge is 0.444 e. The Labute approximate surface area is 130 Å². The summed E-state index contributed by atoms with van der Waals surface area (Å²) in [6.45, 7) is 7.61. The van der Waals surface area contributed by atoms with Crippen LogP contribution in [0.1, 0.15) is 32.4 Å². The first-order chi connectivity index (χ1) is 9.85. The average Bonchev–Trinajstić information content (AvgIpc) is 2.40. The van der Waals surface area contributed by atoms with Gasteiger partial charge in [0.2, 0.25) is 0 Å². The zero-order valence-electron chi connectivity index (χ0n) is 12.5. The van der Waals surface area contributed by atoms with Crippen LogP contribution in [0.15, 0.2) is 18.2 Å². The van der Waals surface area contributed by atoms with Gasteiger partial charge in [-0.05, 0) is 39.0 Å². The monoisotopic (exact) mass is 312 g/mol. The highest BCUT2D eigenvalue weighted by atomic mass is 35.5. The molecule has 0 saturated carbocycles. The molecule has 0 aliphatic carbocycles. The highest BCUT2D eigenvalue weighted by Crippen LogP contribution is 2.30.